The van der Waals surface area contributed by atoms with Gasteiger partial charge in [0.2, 0.25) is 0 Å². The molecule has 0 amide bonds. The molecule has 1 atom stereocenters. The van der Waals surface area contributed by atoms with Gasteiger partial charge >= 0.3 is 0 Å². The summed E-state index contributed by atoms with van der Waals surface area (Å²) in [5.41, 5.74) is 2.02. The Kier molecular flexibility index (Phi) is 4.03. The third-order valence-corrected chi connectivity index (χ3v) is 3.98. The lowest BCUT2D eigenvalue weighted by Crippen LogP contribution is -2.01. The topological polar surface area (TPSA) is 20.2 Å². The van der Waals surface area contributed by atoms with Crippen molar-refractivity contribution in [1.29, 1.82) is 0 Å². The van der Waals surface area contributed by atoms with Crippen molar-refractivity contribution in [3.8, 4) is 0 Å². The molecule has 0 saturated carbocycles. The molecule has 1 aromatic heterocycles. The zero-order chi connectivity index (χ0) is 11.5. The minimum absolute atomic E-state index is 0.499. The van der Waals surface area contributed by atoms with Gasteiger partial charge in [-0.05, 0) is 40.1 Å². The number of aliphatic hydroxyl groups excluding tert-OH is 1. The van der Waals surface area contributed by atoms with Crippen LogP contribution in [0.4, 0.5) is 0 Å². The van der Waals surface area contributed by atoms with Gasteiger partial charge in [0.15, 0.2) is 0 Å². The normalized spacial score (nSPS) is 12.7. The fourth-order valence-electron chi connectivity index (χ4n) is 1.51. The van der Waals surface area contributed by atoms with Crippen LogP contribution >= 0.6 is 38.9 Å². The fraction of sp³-hybridized carbons (Fsp3) is 0.167. The second-order valence-electron chi connectivity index (χ2n) is 3.52. The van der Waals surface area contributed by atoms with Crippen LogP contribution in [0.2, 0.25) is 5.02 Å². The van der Waals surface area contributed by atoms with Crippen LogP contribution < -0.4 is 0 Å². The Labute approximate surface area is 112 Å². The summed E-state index contributed by atoms with van der Waals surface area (Å²) < 4.78 is 0.850. The second kappa shape index (κ2) is 5.32. The van der Waals surface area contributed by atoms with E-state index in [1.54, 1.807) is 23.5 Å². The molecule has 0 radical (unpaired) electrons. The zero-order valence-electron chi connectivity index (χ0n) is 8.36. The molecule has 1 N–H and O–H groups in total. The molecule has 0 aliphatic heterocycles. The van der Waals surface area contributed by atoms with E-state index in [1.165, 1.54) is 0 Å². The Balaban J connectivity index is 2.17. The maximum absolute atomic E-state index is 10.1. The molecule has 4 heteroatoms. The highest BCUT2D eigenvalue weighted by molar-refractivity contribution is 9.10. The predicted octanol–water partition coefficient (Wildman–Crippen LogP) is 4.44. The van der Waals surface area contributed by atoms with Crippen molar-refractivity contribution in [3.63, 3.8) is 0 Å². The molecule has 1 aromatic carbocycles. The van der Waals surface area contributed by atoms with Crippen molar-refractivity contribution in [1.82, 2.24) is 0 Å². The van der Waals surface area contributed by atoms with Gasteiger partial charge in [-0.2, -0.15) is 11.3 Å². The lowest BCUT2D eigenvalue weighted by molar-refractivity contribution is 0.178. The van der Waals surface area contributed by atoms with Gasteiger partial charge in [-0.1, -0.05) is 33.6 Å². The number of benzene rings is 1. The third-order valence-electron chi connectivity index (χ3n) is 2.33. The molecule has 16 heavy (non-hydrogen) atoms. The molecule has 0 saturated heterocycles. The van der Waals surface area contributed by atoms with Gasteiger partial charge in [0.25, 0.3) is 0 Å². The SMILES string of the molecule is OC(Cc1ccsc1)c1ccc(Cl)cc1Br. The van der Waals surface area contributed by atoms with E-state index < -0.39 is 6.10 Å². The largest absolute Gasteiger partial charge is 0.388 e. The van der Waals surface area contributed by atoms with E-state index in [0.717, 1.165) is 15.6 Å². The van der Waals surface area contributed by atoms with Gasteiger partial charge in [-0.15, -0.1) is 0 Å². The third kappa shape index (κ3) is 2.86. The first-order chi connectivity index (χ1) is 7.66. The zero-order valence-corrected chi connectivity index (χ0v) is 11.5. The number of hydrogen-bond donors (Lipinski definition) is 1. The highest BCUT2D eigenvalue weighted by Gasteiger charge is 2.12. The summed E-state index contributed by atoms with van der Waals surface area (Å²) in [5, 5.41) is 14.8. The van der Waals surface area contributed by atoms with Gasteiger partial charge in [-0.3, -0.25) is 0 Å². The van der Waals surface area contributed by atoms with E-state index >= 15 is 0 Å². The molecule has 0 aliphatic carbocycles. The molecule has 2 aromatic rings. The Morgan fingerprint density at radius 1 is 1.38 bits per heavy atom. The molecule has 84 valence electrons. The minimum Gasteiger partial charge on any atom is -0.388 e. The van der Waals surface area contributed by atoms with E-state index in [-0.39, 0.29) is 0 Å². The van der Waals surface area contributed by atoms with Gasteiger partial charge < -0.3 is 5.11 Å². The summed E-state index contributed by atoms with van der Waals surface area (Å²) in [6.45, 7) is 0. The number of halogens is 2. The van der Waals surface area contributed by atoms with Crippen molar-refractivity contribution < 1.29 is 5.11 Å². The summed E-state index contributed by atoms with van der Waals surface area (Å²) in [6, 6.07) is 7.47. The second-order valence-corrected chi connectivity index (χ2v) is 5.59. The summed E-state index contributed by atoms with van der Waals surface area (Å²) in [4.78, 5) is 0. The lowest BCUT2D eigenvalue weighted by atomic mass is 10.0. The number of thiophene rings is 1. The first-order valence-electron chi connectivity index (χ1n) is 4.81. The van der Waals surface area contributed by atoms with Gasteiger partial charge in [0.05, 0.1) is 6.10 Å². The first kappa shape index (κ1) is 12.1. The van der Waals surface area contributed by atoms with E-state index in [0.29, 0.717) is 11.4 Å². The van der Waals surface area contributed by atoms with Crippen molar-refractivity contribution in [2.45, 2.75) is 12.5 Å². The molecular weight excluding hydrogens is 308 g/mol. The number of hydrogen-bond acceptors (Lipinski definition) is 2. The van der Waals surface area contributed by atoms with Crippen LogP contribution in [0.25, 0.3) is 0 Å². The molecule has 1 unspecified atom stereocenters. The fourth-order valence-corrected chi connectivity index (χ4v) is 3.14. The maximum Gasteiger partial charge on any atom is 0.0841 e. The van der Waals surface area contributed by atoms with E-state index in [1.807, 2.05) is 22.9 Å². The molecule has 2 rings (SSSR count). The average molecular weight is 318 g/mol. The first-order valence-corrected chi connectivity index (χ1v) is 6.92. The molecule has 0 spiro atoms. The Bertz CT molecular complexity index is 470. The van der Waals surface area contributed by atoms with Crippen LogP contribution in [0, 0.1) is 0 Å². The van der Waals surface area contributed by atoms with E-state index in [2.05, 4.69) is 15.9 Å². The predicted molar refractivity (Wildman–Crippen MR) is 72.1 cm³/mol. The average Bonchev–Trinajstić information content (AvgIpc) is 2.70. The summed E-state index contributed by atoms with van der Waals surface area (Å²) in [6.07, 6.45) is 0.130. The van der Waals surface area contributed by atoms with Crippen LogP contribution in [-0.4, -0.2) is 5.11 Å². The van der Waals surface area contributed by atoms with Crippen LogP contribution in [-0.2, 0) is 6.42 Å². The summed E-state index contributed by atoms with van der Waals surface area (Å²) >= 11 is 10.9. The van der Waals surface area contributed by atoms with Crippen LogP contribution in [0.3, 0.4) is 0 Å². The standard InChI is InChI=1S/C12H10BrClOS/c13-11-6-9(14)1-2-10(11)12(15)5-8-3-4-16-7-8/h1-4,6-7,12,15H,5H2. The highest BCUT2D eigenvalue weighted by atomic mass is 79.9. The minimum atomic E-state index is -0.499. The Morgan fingerprint density at radius 3 is 2.81 bits per heavy atom. The highest BCUT2D eigenvalue weighted by Crippen LogP contribution is 2.28. The van der Waals surface area contributed by atoms with Crippen molar-refractivity contribution in [2.24, 2.45) is 0 Å². The number of rotatable bonds is 3. The van der Waals surface area contributed by atoms with Gasteiger partial charge in [0.1, 0.15) is 0 Å². The number of aliphatic hydroxyl groups is 1. The molecular formula is C12H10BrClOS. The van der Waals surface area contributed by atoms with Crippen LogP contribution in [0.1, 0.15) is 17.2 Å². The maximum atomic E-state index is 10.1. The van der Waals surface area contributed by atoms with Crippen molar-refractivity contribution in [2.75, 3.05) is 0 Å². The van der Waals surface area contributed by atoms with E-state index in [4.69, 9.17) is 11.6 Å². The van der Waals surface area contributed by atoms with Crippen LogP contribution in [0.5, 0.6) is 0 Å². The van der Waals surface area contributed by atoms with Gasteiger partial charge in [0, 0.05) is 15.9 Å². The molecule has 1 heterocycles. The smallest absolute Gasteiger partial charge is 0.0841 e. The molecule has 1 nitrogen and oxygen atoms in total. The molecule has 0 fully saturated rings. The Morgan fingerprint density at radius 2 is 2.19 bits per heavy atom. The molecule has 0 bridgehead atoms. The Hall–Kier alpha value is -0.350. The van der Waals surface area contributed by atoms with Crippen molar-refractivity contribution >= 4 is 38.9 Å². The quantitative estimate of drug-likeness (QED) is 0.887. The van der Waals surface area contributed by atoms with E-state index in [9.17, 15) is 5.11 Å². The summed E-state index contributed by atoms with van der Waals surface area (Å²) in [5.74, 6) is 0. The lowest BCUT2D eigenvalue weighted by Gasteiger charge is -2.12. The van der Waals surface area contributed by atoms with Crippen LogP contribution in [0.15, 0.2) is 39.5 Å². The van der Waals surface area contributed by atoms with Crippen molar-refractivity contribution in [3.05, 3.63) is 55.6 Å². The monoisotopic (exact) mass is 316 g/mol. The van der Waals surface area contributed by atoms with Gasteiger partial charge in [-0.25, -0.2) is 0 Å². The molecule has 0 aliphatic rings. The summed E-state index contributed by atoms with van der Waals surface area (Å²) in [7, 11) is 0.